The van der Waals surface area contributed by atoms with E-state index >= 15 is 0 Å². The number of carboxylic acids is 1. The standard InChI is InChI=1S/C16H10ClNO2/c17-14-5-2-8-18-15(14)12-4-1-3-10-6-7-11(16(19)20)9-13(10)12/h1-9H,(H,19,20). The fourth-order valence-corrected chi connectivity index (χ4v) is 2.42. The first-order valence-electron chi connectivity index (χ1n) is 6.04. The lowest BCUT2D eigenvalue weighted by molar-refractivity contribution is 0.0697. The fourth-order valence-electron chi connectivity index (χ4n) is 2.20. The highest BCUT2D eigenvalue weighted by Crippen LogP contribution is 2.32. The van der Waals surface area contributed by atoms with Crippen LogP contribution in [0.25, 0.3) is 22.0 Å². The number of benzene rings is 2. The topological polar surface area (TPSA) is 50.2 Å². The second-order valence-electron chi connectivity index (χ2n) is 4.38. The molecule has 0 radical (unpaired) electrons. The van der Waals surface area contributed by atoms with Crippen molar-refractivity contribution in [3.8, 4) is 11.3 Å². The molecule has 0 fully saturated rings. The maximum absolute atomic E-state index is 11.1. The molecule has 0 aliphatic rings. The van der Waals surface area contributed by atoms with Crippen LogP contribution in [0.4, 0.5) is 0 Å². The van der Waals surface area contributed by atoms with Crippen molar-refractivity contribution in [3.05, 3.63) is 65.3 Å². The molecule has 1 heterocycles. The molecule has 1 aromatic heterocycles. The van der Waals surface area contributed by atoms with Crippen LogP contribution in [0.15, 0.2) is 54.7 Å². The normalized spacial score (nSPS) is 10.7. The van der Waals surface area contributed by atoms with Crippen molar-refractivity contribution in [1.29, 1.82) is 0 Å². The predicted octanol–water partition coefficient (Wildman–Crippen LogP) is 4.25. The summed E-state index contributed by atoms with van der Waals surface area (Å²) >= 11 is 6.18. The van der Waals surface area contributed by atoms with Crippen molar-refractivity contribution < 1.29 is 9.90 Å². The Morgan fingerprint density at radius 3 is 2.70 bits per heavy atom. The summed E-state index contributed by atoms with van der Waals surface area (Å²) in [7, 11) is 0. The monoisotopic (exact) mass is 283 g/mol. The lowest BCUT2D eigenvalue weighted by atomic mass is 9.99. The number of hydrogen-bond donors (Lipinski definition) is 1. The lowest BCUT2D eigenvalue weighted by Gasteiger charge is -2.08. The van der Waals surface area contributed by atoms with Gasteiger partial charge in [0.25, 0.3) is 0 Å². The molecule has 20 heavy (non-hydrogen) atoms. The van der Waals surface area contributed by atoms with Gasteiger partial charge in [-0.05, 0) is 35.0 Å². The molecule has 0 atom stereocenters. The van der Waals surface area contributed by atoms with Gasteiger partial charge in [-0.2, -0.15) is 0 Å². The van der Waals surface area contributed by atoms with Crippen LogP contribution >= 0.6 is 11.6 Å². The molecule has 2 aromatic carbocycles. The Bertz CT molecular complexity index is 814. The zero-order valence-electron chi connectivity index (χ0n) is 10.4. The van der Waals surface area contributed by atoms with Crippen molar-refractivity contribution in [1.82, 2.24) is 4.98 Å². The summed E-state index contributed by atoms with van der Waals surface area (Å²) < 4.78 is 0. The molecule has 4 heteroatoms. The average Bonchev–Trinajstić information content (AvgIpc) is 2.46. The van der Waals surface area contributed by atoms with Crippen molar-refractivity contribution in [2.24, 2.45) is 0 Å². The molecule has 0 aliphatic carbocycles. The second-order valence-corrected chi connectivity index (χ2v) is 4.79. The van der Waals surface area contributed by atoms with Crippen LogP contribution in [0.3, 0.4) is 0 Å². The van der Waals surface area contributed by atoms with E-state index < -0.39 is 5.97 Å². The Hall–Kier alpha value is -2.39. The largest absolute Gasteiger partial charge is 0.478 e. The fraction of sp³-hybridized carbons (Fsp3) is 0. The van der Waals surface area contributed by atoms with Gasteiger partial charge < -0.3 is 5.11 Å². The summed E-state index contributed by atoms with van der Waals surface area (Å²) in [6, 6.07) is 14.3. The van der Waals surface area contributed by atoms with Crippen molar-refractivity contribution in [3.63, 3.8) is 0 Å². The summed E-state index contributed by atoms with van der Waals surface area (Å²) in [5.74, 6) is -0.950. The molecular formula is C16H10ClNO2. The molecule has 0 amide bonds. The molecule has 0 unspecified atom stereocenters. The minimum Gasteiger partial charge on any atom is -0.478 e. The molecule has 98 valence electrons. The first-order valence-corrected chi connectivity index (χ1v) is 6.41. The SMILES string of the molecule is O=C(O)c1ccc2cccc(-c3ncccc3Cl)c2c1. The van der Waals surface area contributed by atoms with E-state index in [0.29, 0.717) is 10.7 Å². The first kappa shape index (κ1) is 12.6. The highest BCUT2D eigenvalue weighted by atomic mass is 35.5. The molecule has 0 saturated heterocycles. The van der Waals surface area contributed by atoms with Crippen molar-refractivity contribution in [2.45, 2.75) is 0 Å². The van der Waals surface area contributed by atoms with Crippen molar-refractivity contribution >= 4 is 28.3 Å². The number of halogens is 1. The van der Waals surface area contributed by atoms with E-state index in [1.165, 1.54) is 0 Å². The van der Waals surface area contributed by atoms with E-state index in [9.17, 15) is 4.79 Å². The van der Waals surface area contributed by atoms with E-state index in [0.717, 1.165) is 16.3 Å². The Morgan fingerprint density at radius 2 is 1.95 bits per heavy atom. The Balaban J connectivity index is 2.33. The number of aromatic nitrogens is 1. The van der Waals surface area contributed by atoms with E-state index in [2.05, 4.69) is 4.98 Å². The lowest BCUT2D eigenvalue weighted by Crippen LogP contribution is -1.96. The molecular weight excluding hydrogens is 274 g/mol. The molecule has 0 bridgehead atoms. The highest BCUT2D eigenvalue weighted by molar-refractivity contribution is 6.33. The predicted molar refractivity (Wildman–Crippen MR) is 79.1 cm³/mol. The molecule has 1 N–H and O–H groups in total. The number of fused-ring (bicyclic) bond motifs is 1. The van der Waals surface area contributed by atoms with Gasteiger partial charge in [-0.15, -0.1) is 0 Å². The van der Waals surface area contributed by atoms with E-state index in [4.69, 9.17) is 16.7 Å². The number of rotatable bonds is 2. The summed E-state index contributed by atoms with van der Waals surface area (Å²) in [6.07, 6.45) is 1.67. The molecule has 3 rings (SSSR count). The molecule has 3 aromatic rings. The molecule has 0 spiro atoms. The van der Waals surface area contributed by atoms with Gasteiger partial charge in [0.05, 0.1) is 16.3 Å². The summed E-state index contributed by atoms with van der Waals surface area (Å²) in [4.78, 5) is 15.4. The summed E-state index contributed by atoms with van der Waals surface area (Å²) in [6.45, 7) is 0. The van der Waals surface area contributed by atoms with Crippen LogP contribution in [0.1, 0.15) is 10.4 Å². The summed E-state index contributed by atoms with van der Waals surface area (Å²) in [5, 5.41) is 11.4. The van der Waals surface area contributed by atoms with Gasteiger partial charge in [-0.3, -0.25) is 4.98 Å². The third kappa shape index (κ3) is 2.12. The Morgan fingerprint density at radius 1 is 1.10 bits per heavy atom. The second kappa shape index (κ2) is 4.94. The first-order chi connectivity index (χ1) is 9.66. The van der Waals surface area contributed by atoms with Crippen LogP contribution in [-0.4, -0.2) is 16.1 Å². The van der Waals surface area contributed by atoms with Gasteiger partial charge >= 0.3 is 5.97 Å². The smallest absolute Gasteiger partial charge is 0.335 e. The zero-order chi connectivity index (χ0) is 14.1. The third-order valence-corrected chi connectivity index (χ3v) is 3.45. The van der Waals surface area contributed by atoms with E-state index in [-0.39, 0.29) is 5.56 Å². The number of carbonyl (C=O) groups is 1. The number of pyridine rings is 1. The van der Waals surface area contributed by atoms with Gasteiger partial charge in [0.1, 0.15) is 0 Å². The molecule has 3 nitrogen and oxygen atoms in total. The highest BCUT2D eigenvalue weighted by Gasteiger charge is 2.10. The minimum absolute atomic E-state index is 0.247. The molecule has 0 aliphatic heterocycles. The van der Waals surface area contributed by atoms with Crippen LogP contribution in [0.2, 0.25) is 5.02 Å². The number of hydrogen-bond acceptors (Lipinski definition) is 2. The number of aromatic carboxylic acids is 1. The quantitative estimate of drug-likeness (QED) is 0.765. The van der Waals surface area contributed by atoms with Gasteiger partial charge in [0.15, 0.2) is 0 Å². The maximum atomic E-state index is 11.1. The summed E-state index contributed by atoms with van der Waals surface area (Å²) in [5.41, 5.74) is 1.73. The van der Waals surface area contributed by atoms with Crippen LogP contribution in [0.5, 0.6) is 0 Å². The van der Waals surface area contributed by atoms with Gasteiger partial charge in [0.2, 0.25) is 0 Å². The van der Waals surface area contributed by atoms with E-state index in [1.54, 1.807) is 36.5 Å². The third-order valence-electron chi connectivity index (χ3n) is 3.14. The van der Waals surface area contributed by atoms with Crippen molar-refractivity contribution in [2.75, 3.05) is 0 Å². The van der Waals surface area contributed by atoms with Crippen LogP contribution < -0.4 is 0 Å². The Labute approximate surface area is 120 Å². The zero-order valence-corrected chi connectivity index (χ0v) is 11.1. The number of carboxylic acid groups (broad SMARTS) is 1. The average molecular weight is 284 g/mol. The van der Waals surface area contributed by atoms with E-state index in [1.807, 2.05) is 18.2 Å². The van der Waals surface area contributed by atoms with Gasteiger partial charge in [0, 0.05) is 11.8 Å². The van der Waals surface area contributed by atoms with Gasteiger partial charge in [-0.25, -0.2) is 4.79 Å². The molecule has 0 saturated carbocycles. The Kier molecular flexibility index (Phi) is 3.12. The number of nitrogens with zero attached hydrogens (tertiary/aromatic N) is 1. The van der Waals surface area contributed by atoms with Gasteiger partial charge in [-0.1, -0.05) is 35.9 Å². The maximum Gasteiger partial charge on any atom is 0.335 e. The van der Waals surface area contributed by atoms with Crippen LogP contribution in [-0.2, 0) is 0 Å². The minimum atomic E-state index is -0.950. The van der Waals surface area contributed by atoms with Crippen LogP contribution in [0, 0.1) is 0 Å².